The van der Waals surface area contributed by atoms with Crippen LogP contribution < -0.4 is 10.6 Å². The highest BCUT2D eigenvalue weighted by Crippen LogP contribution is 2.25. The number of halogens is 1. The largest absolute Gasteiger partial charge is 0.379 e. The van der Waals surface area contributed by atoms with E-state index in [1.165, 1.54) is 43.8 Å². The van der Waals surface area contributed by atoms with Crippen LogP contribution in [0.25, 0.3) is 0 Å². The summed E-state index contributed by atoms with van der Waals surface area (Å²) in [7, 11) is 1.87. The van der Waals surface area contributed by atoms with Crippen molar-refractivity contribution in [2.75, 3.05) is 59.5 Å². The number of guanidine groups is 1. The van der Waals surface area contributed by atoms with E-state index in [9.17, 15) is 0 Å². The highest BCUT2D eigenvalue weighted by Gasteiger charge is 2.24. The number of nitrogens with one attached hydrogen (secondary N) is 2. The third-order valence-electron chi connectivity index (χ3n) is 5.51. The number of ether oxygens (including phenoxy) is 1. The maximum Gasteiger partial charge on any atom is 0.191 e. The molecule has 0 bridgehead atoms. The number of thiophene rings is 1. The molecule has 0 aliphatic carbocycles. The molecule has 6 nitrogen and oxygen atoms in total. The van der Waals surface area contributed by atoms with Gasteiger partial charge in [0, 0.05) is 50.7 Å². The molecule has 1 aromatic rings. The fraction of sp³-hybridized carbons (Fsp3) is 0.750. The summed E-state index contributed by atoms with van der Waals surface area (Å²) < 4.78 is 5.54. The number of aliphatic imine (C=N–C) groups is 1. The molecule has 1 aromatic heterocycles. The Morgan fingerprint density at radius 1 is 1.29 bits per heavy atom. The van der Waals surface area contributed by atoms with E-state index in [4.69, 9.17) is 4.74 Å². The molecule has 1 unspecified atom stereocenters. The molecule has 2 aliphatic rings. The number of hydrogen-bond donors (Lipinski definition) is 2. The average Bonchev–Trinajstić information content (AvgIpc) is 3.24. The summed E-state index contributed by atoms with van der Waals surface area (Å²) in [6.07, 6.45) is 3.63. The standard InChI is InChI=1S/C20H35N5OS.HI/c1-3-8-24-9-6-17(7-10-24)23-20(21-2)22-16-18(19-5-4-15-27-19)25-11-13-26-14-12-25;/h4-5,15,17-18H,3,6-14,16H2,1-2H3,(H2,21,22,23);1H. The van der Waals surface area contributed by atoms with Crippen LogP contribution in [0.5, 0.6) is 0 Å². The SMILES string of the molecule is CCCN1CCC(NC(=NC)NCC(c2cccs2)N2CCOCC2)CC1.I. The Labute approximate surface area is 191 Å². The lowest BCUT2D eigenvalue weighted by atomic mass is 10.1. The van der Waals surface area contributed by atoms with Crippen molar-refractivity contribution in [1.82, 2.24) is 20.4 Å². The van der Waals surface area contributed by atoms with Crippen LogP contribution in [0.15, 0.2) is 22.5 Å². The van der Waals surface area contributed by atoms with Gasteiger partial charge in [-0.3, -0.25) is 9.89 Å². The third kappa shape index (κ3) is 7.12. The molecule has 1 atom stereocenters. The number of nitrogens with zero attached hydrogens (tertiary/aromatic N) is 3. The number of piperidine rings is 1. The fourth-order valence-corrected chi connectivity index (χ4v) is 4.84. The second kappa shape index (κ2) is 13.0. The molecular weight excluding hydrogens is 485 g/mol. The van der Waals surface area contributed by atoms with E-state index in [-0.39, 0.29) is 24.0 Å². The topological polar surface area (TPSA) is 52.1 Å². The molecule has 2 N–H and O–H groups in total. The first-order valence-electron chi connectivity index (χ1n) is 10.3. The van der Waals surface area contributed by atoms with Gasteiger partial charge in [-0.15, -0.1) is 35.3 Å². The molecule has 2 aliphatic heterocycles. The first-order valence-corrected chi connectivity index (χ1v) is 11.2. The van der Waals surface area contributed by atoms with Crippen LogP contribution in [0.1, 0.15) is 37.1 Å². The Balaban J connectivity index is 0.00000280. The summed E-state index contributed by atoms with van der Waals surface area (Å²) in [6, 6.07) is 5.28. The summed E-state index contributed by atoms with van der Waals surface area (Å²) in [5.74, 6) is 0.929. The van der Waals surface area contributed by atoms with Gasteiger partial charge in [0.25, 0.3) is 0 Å². The van der Waals surface area contributed by atoms with Gasteiger partial charge in [-0.1, -0.05) is 13.0 Å². The lowest BCUT2D eigenvalue weighted by Crippen LogP contribution is -2.50. The zero-order chi connectivity index (χ0) is 18.9. The number of likely N-dealkylation sites (tertiary alicyclic amines) is 1. The molecule has 8 heteroatoms. The van der Waals surface area contributed by atoms with Gasteiger partial charge in [0.15, 0.2) is 5.96 Å². The zero-order valence-electron chi connectivity index (χ0n) is 17.2. The van der Waals surface area contributed by atoms with Crippen molar-refractivity contribution in [2.24, 2.45) is 4.99 Å². The summed E-state index contributed by atoms with van der Waals surface area (Å²) in [6.45, 7) is 10.4. The molecule has 0 aromatic carbocycles. The van der Waals surface area contributed by atoms with E-state index in [1.54, 1.807) is 0 Å². The van der Waals surface area contributed by atoms with E-state index < -0.39 is 0 Å². The molecule has 0 radical (unpaired) electrons. The summed E-state index contributed by atoms with van der Waals surface area (Å²) in [5, 5.41) is 9.40. The van der Waals surface area contributed by atoms with Crippen LogP contribution in [0, 0.1) is 0 Å². The maximum absolute atomic E-state index is 5.54. The molecule has 0 saturated carbocycles. The second-order valence-corrected chi connectivity index (χ2v) is 8.37. The Bertz CT molecular complexity index is 557. The molecule has 0 spiro atoms. The van der Waals surface area contributed by atoms with Gasteiger partial charge in [-0.25, -0.2) is 0 Å². The summed E-state index contributed by atoms with van der Waals surface area (Å²) >= 11 is 1.84. The Kier molecular flexibility index (Phi) is 11.1. The monoisotopic (exact) mass is 521 g/mol. The summed E-state index contributed by atoms with van der Waals surface area (Å²) in [5.41, 5.74) is 0. The van der Waals surface area contributed by atoms with Gasteiger partial charge in [-0.05, 0) is 37.3 Å². The van der Waals surface area contributed by atoms with Gasteiger partial charge in [0.1, 0.15) is 0 Å². The van der Waals surface area contributed by atoms with Gasteiger partial charge in [-0.2, -0.15) is 0 Å². The molecular formula is C20H36IN5OS. The van der Waals surface area contributed by atoms with Crippen molar-refractivity contribution in [3.05, 3.63) is 22.4 Å². The minimum absolute atomic E-state index is 0. The minimum atomic E-state index is 0. The van der Waals surface area contributed by atoms with Crippen molar-refractivity contribution in [3.8, 4) is 0 Å². The average molecular weight is 522 g/mol. The second-order valence-electron chi connectivity index (χ2n) is 7.39. The van der Waals surface area contributed by atoms with Gasteiger partial charge >= 0.3 is 0 Å². The third-order valence-corrected chi connectivity index (χ3v) is 6.49. The van der Waals surface area contributed by atoms with Crippen molar-refractivity contribution >= 4 is 41.3 Å². The predicted octanol–water partition coefficient (Wildman–Crippen LogP) is 2.78. The number of hydrogen-bond acceptors (Lipinski definition) is 5. The van der Waals surface area contributed by atoms with Crippen molar-refractivity contribution in [1.29, 1.82) is 0 Å². The van der Waals surface area contributed by atoms with Crippen LogP contribution in [-0.2, 0) is 4.74 Å². The van der Waals surface area contributed by atoms with E-state index in [0.29, 0.717) is 12.1 Å². The predicted molar refractivity (Wildman–Crippen MR) is 129 cm³/mol. The Morgan fingerprint density at radius 3 is 2.64 bits per heavy atom. The smallest absolute Gasteiger partial charge is 0.191 e. The highest BCUT2D eigenvalue weighted by molar-refractivity contribution is 14.0. The molecule has 2 saturated heterocycles. The van der Waals surface area contributed by atoms with Gasteiger partial charge < -0.3 is 20.3 Å². The molecule has 160 valence electrons. The highest BCUT2D eigenvalue weighted by atomic mass is 127. The van der Waals surface area contributed by atoms with Crippen LogP contribution in [0.2, 0.25) is 0 Å². The fourth-order valence-electron chi connectivity index (χ4n) is 3.98. The van der Waals surface area contributed by atoms with Gasteiger partial charge in [0.05, 0.1) is 19.3 Å². The maximum atomic E-state index is 5.54. The molecule has 3 heterocycles. The number of morpholine rings is 1. The first-order chi connectivity index (χ1) is 13.3. The van der Waals surface area contributed by atoms with Crippen molar-refractivity contribution in [2.45, 2.75) is 38.3 Å². The van der Waals surface area contributed by atoms with E-state index >= 15 is 0 Å². The van der Waals surface area contributed by atoms with Crippen LogP contribution in [0.3, 0.4) is 0 Å². The quantitative estimate of drug-likeness (QED) is 0.329. The van der Waals surface area contributed by atoms with Crippen LogP contribution >= 0.6 is 35.3 Å². The Hall–Kier alpha value is -0.420. The number of rotatable bonds is 7. The van der Waals surface area contributed by atoms with Crippen molar-refractivity contribution in [3.63, 3.8) is 0 Å². The van der Waals surface area contributed by atoms with E-state index in [1.807, 2.05) is 18.4 Å². The zero-order valence-corrected chi connectivity index (χ0v) is 20.4. The van der Waals surface area contributed by atoms with Crippen LogP contribution in [-0.4, -0.2) is 81.3 Å². The van der Waals surface area contributed by atoms with Crippen molar-refractivity contribution < 1.29 is 4.74 Å². The molecule has 3 rings (SSSR count). The molecule has 2 fully saturated rings. The molecule has 0 amide bonds. The van der Waals surface area contributed by atoms with Crippen LogP contribution in [0.4, 0.5) is 0 Å². The van der Waals surface area contributed by atoms with E-state index in [2.05, 4.69) is 49.9 Å². The summed E-state index contributed by atoms with van der Waals surface area (Å²) in [4.78, 5) is 11.0. The lowest BCUT2D eigenvalue weighted by molar-refractivity contribution is 0.0177. The first kappa shape index (κ1) is 23.9. The lowest BCUT2D eigenvalue weighted by Gasteiger charge is -2.35. The normalized spacial score (nSPS) is 21.1. The molecule has 28 heavy (non-hydrogen) atoms. The van der Waals surface area contributed by atoms with E-state index in [0.717, 1.165) is 38.8 Å². The Morgan fingerprint density at radius 2 is 2.04 bits per heavy atom. The van der Waals surface area contributed by atoms with Gasteiger partial charge in [0.2, 0.25) is 0 Å². The minimum Gasteiger partial charge on any atom is -0.379 e.